The normalized spacial score (nSPS) is 9.80. The summed E-state index contributed by atoms with van der Waals surface area (Å²) in [6, 6.07) is 11.6. The van der Waals surface area contributed by atoms with Gasteiger partial charge in [-0.3, -0.25) is 14.9 Å². The average Bonchev–Trinajstić information content (AvgIpc) is 3.00. The molecule has 0 spiro atoms. The number of benzene rings is 1. The van der Waals surface area contributed by atoms with Crippen molar-refractivity contribution in [2.75, 3.05) is 6.61 Å². The van der Waals surface area contributed by atoms with E-state index in [4.69, 9.17) is 4.74 Å². The number of rotatable bonds is 4. The van der Waals surface area contributed by atoms with Crippen LogP contribution in [-0.2, 0) is 9.53 Å². The molecule has 2 aromatic rings. The van der Waals surface area contributed by atoms with E-state index >= 15 is 0 Å². The van der Waals surface area contributed by atoms with E-state index in [9.17, 15) is 14.4 Å². The van der Waals surface area contributed by atoms with Gasteiger partial charge in [0.2, 0.25) is 0 Å². The van der Waals surface area contributed by atoms with Crippen molar-refractivity contribution in [3.8, 4) is 0 Å². The summed E-state index contributed by atoms with van der Waals surface area (Å²) in [5.74, 6) is -1.77. The van der Waals surface area contributed by atoms with Gasteiger partial charge in [0.1, 0.15) is 4.88 Å². The minimum Gasteiger partial charge on any atom is -0.451 e. The average molecular weight is 289 g/mol. The van der Waals surface area contributed by atoms with Crippen molar-refractivity contribution in [2.45, 2.75) is 0 Å². The Balaban J connectivity index is 1.81. The lowest BCUT2D eigenvalue weighted by molar-refractivity contribution is -0.123. The molecule has 0 atom stereocenters. The molecule has 2 amide bonds. The molecule has 2 rings (SSSR count). The van der Waals surface area contributed by atoms with Crippen LogP contribution >= 0.6 is 11.3 Å². The van der Waals surface area contributed by atoms with Gasteiger partial charge in [0.15, 0.2) is 6.61 Å². The van der Waals surface area contributed by atoms with Gasteiger partial charge in [-0.2, -0.15) is 0 Å². The number of carbonyl (C=O) groups excluding carboxylic acids is 3. The van der Waals surface area contributed by atoms with Gasteiger partial charge in [0, 0.05) is 5.56 Å². The molecular formula is C14H11NO4S. The largest absolute Gasteiger partial charge is 0.451 e. The van der Waals surface area contributed by atoms with Crippen LogP contribution in [-0.4, -0.2) is 24.4 Å². The molecule has 0 aliphatic carbocycles. The standard InChI is InChI=1S/C14H11NO4S/c16-12(9-19-14(18)11-7-4-8-20-11)15-13(17)10-5-2-1-3-6-10/h1-8H,9H2,(H,15,16,17). The first kappa shape index (κ1) is 14.0. The molecule has 0 radical (unpaired) electrons. The van der Waals surface area contributed by atoms with Crippen LogP contribution in [0.4, 0.5) is 0 Å². The molecule has 0 bridgehead atoms. The molecule has 6 heteroatoms. The van der Waals surface area contributed by atoms with Crippen LogP contribution in [0.25, 0.3) is 0 Å². The van der Waals surface area contributed by atoms with E-state index in [0.29, 0.717) is 10.4 Å². The summed E-state index contributed by atoms with van der Waals surface area (Å²) in [4.78, 5) is 35.1. The smallest absolute Gasteiger partial charge is 0.348 e. The predicted octanol–water partition coefficient (Wildman–Crippen LogP) is 1.86. The van der Waals surface area contributed by atoms with Crippen LogP contribution in [0, 0.1) is 0 Å². The molecule has 1 aromatic heterocycles. The van der Waals surface area contributed by atoms with Crippen LogP contribution in [0.5, 0.6) is 0 Å². The SMILES string of the molecule is O=C(COC(=O)c1cccs1)NC(=O)c1ccccc1. The minimum atomic E-state index is -0.663. The Morgan fingerprint density at radius 2 is 1.80 bits per heavy atom. The quantitative estimate of drug-likeness (QED) is 0.872. The molecule has 0 saturated carbocycles. The van der Waals surface area contributed by atoms with Crippen molar-refractivity contribution in [1.29, 1.82) is 0 Å². The lowest BCUT2D eigenvalue weighted by Crippen LogP contribution is -2.34. The first-order valence-corrected chi connectivity index (χ1v) is 6.64. The fourth-order valence-corrected chi connectivity index (χ4v) is 2.04. The highest BCUT2D eigenvalue weighted by molar-refractivity contribution is 7.11. The number of hydrogen-bond donors (Lipinski definition) is 1. The number of imide groups is 1. The zero-order valence-corrected chi connectivity index (χ0v) is 11.2. The Labute approximate surface area is 119 Å². The van der Waals surface area contributed by atoms with Gasteiger partial charge < -0.3 is 4.74 Å². The highest BCUT2D eigenvalue weighted by Gasteiger charge is 2.13. The number of hydrogen-bond acceptors (Lipinski definition) is 5. The summed E-state index contributed by atoms with van der Waals surface area (Å²) >= 11 is 1.22. The maximum absolute atomic E-state index is 11.7. The van der Waals surface area contributed by atoms with Crippen molar-refractivity contribution in [1.82, 2.24) is 5.32 Å². The molecule has 0 fully saturated rings. The van der Waals surface area contributed by atoms with Gasteiger partial charge in [-0.1, -0.05) is 24.3 Å². The number of esters is 1. The van der Waals surface area contributed by atoms with Crippen molar-refractivity contribution in [3.63, 3.8) is 0 Å². The molecule has 0 saturated heterocycles. The Kier molecular flexibility index (Phi) is 4.62. The van der Waals surface area contributed by atoms with E-state index in [2.05, 4.69) is 5.32 Å². The molecule has 20 heavy (non-hydrogen) atoms. The number of carbonyl (C=O) groups is 3. The van der Waals surface area contributed by atoms with Gasteiger partial charge >= 0.3 is 5.97 Å². The number of amides is 2. The third-order valence-electron chi connectivity index (χ3n) is 2.35. The van der Waals surface area contributed by atoms with Crippen molar-refractivity contribution in [3.05, 3.63) is 58.3 Å². The maximum atomic E-state index is 11.7. The molecule has 0 aliphatic rings. The fourth-order valence-electron chi connectivity index (χ4n) is 1.42. The molecule has 102 valence electrons. The van der Waals surface area contributed by atoms with E-state index in [1.165, 1.54) is 11.3 Å². The highest BCUT2D eigenvalue weighted by atomic mass is 32.1. The third kappa shape index (κ3) is 3.76. The summed E-state index contributed by atoms with van der Waals surface area (Å²) in [5, 5.41) is 3.88. The highest BCUT2D eigenvalue weighted by Crippen LogP contribution is 2.09. The Bertz CT molecular complexity index is 607. The molecule has 1 aromatic carbocycles. The lowest BCUT2D eigenvalue weighted by atomic mass is 10.2. The summed E-state index contributed by atoms with van der Waals surface area (Å²) in [6.45, 7) is -0.491. The zero-order chi connectivity index (χ0) is 14.4. The van der Waals surface area contributed by atoms with Crippen molar-refractivity contribution >= 4 is 29.1 Å². The molecule has 1 heterocycles. The predicted molar refractivity (Wildman–Crippen MR) is 73.5 cm³/mol. The maximum Gasteiger partial charge on any atom is 0.348 e. The van der Waals surface area contributed by atoms with E-state index in [1.807, 2.05) is 0 Å². The monoisotopic (exact) mass is 289 g/mol. The first-order valence-electron chi connectivity index (χ1n) is 5.76. The van der Waals surface area contributed by atoms with Gasteiger partial charge in [-0.15, -0.1) is 11.3 Å². The lowest BCUT2D eigenvalue weighted by Gasteiger charge is -2.04. The van der Waals surface area contributed by atoms with Crippen LogP contribution in [0.2, 0.25) is 0 Å². The van der Waals surface area contributed by atoms with Gasteiger partial charge in [0.05, 0.1) is 0 Å². The molecule has 0 unspecified atom stereocenters. The van der Waals surface area contributed by atoms with Gasteiger partial charge in [0.25, 0.3) is 11.8 Å². The summed E-state index contributed by atoms with van der Waals surface area (Å²) in [7, 11) is 0. The van der Waals surface area contributed by atoms with E-state index in [0.717, 1.165) is 0 Å². The van der Waals surface area contributed by atoms with Crippen molar-refractivity contribution < 1.29 is 19.1 Å². The Morgan fingerprint density at radius 3 is 2.45 bits per heavy atom. The fraction of sp³-hybridized carbons (Fsp3) is 0.0714. The summed E-state index contributed by atoms with van der Waals surface area (Å²) in [5.41, 5.74) is 0.366. The number of ether oxygens (including phenoxy) is 1. The second-order valence-electron chi connectivity index (χ2n) is 3.80. The summed E-state index contributed by atoms with van der Waals surface area (Å²) in [6.07, 6.45) is 0. The zero-order valence-electron chi connectivity index (χ0n) is 10.4. The van der Waals surface area contributed by atoms with Crippen LogP contribution in [0.3, 0.4) is 0 Å². The van der Waals surface area contributed by atoms with E-state index in [-0.39, 0.29) is 0 Å². The number of thiophene rings is 1. The summed E-state index contributed by atoms with van der Waals surface area (Å²) < 4.78 is 4.79. The number of nitrogens with one attached hydrogen (secondary N) is 1. The Morgan fingerprint density at radius 1 is 1.05 bits per heavy atom. The third-order valence-corrected chi connectivity index (χ3v) is 3.20. The van der Waals surface area contributed by atoms with Crippen LogP contribution in [0.15, 0.2) is 47.8 Å². The van der Waals surface area contributed by atoms with Gasteiger partial charge in [-0.25, -0.2) is 4.79 Å². The first-order chi connectivity index (χ1) is 9.66. The van der Waals surface area contributed by atoms with E-state index in [1.54, 1.807) is 47.8 Å². The molecular weight excluding hydrogens is 278 g/mol. The second kappa shape index (κ2) is 6.63. The minimum absolute atomic E-state index is 0.366. The van der Waals surface area contributed by atoms with Gasteiger partial charge in [-0.05, 0) is 23.6 Å². The topological polar surface area (TPSA) is 72.5 Å². The molecule has 0 aliphatic heterocycles. The molecule has 1 N–H and O–H groups in total. The van der Waals surface area contributed by atoms with Crippen LogP contribution < -0.4 is 5.32 Å². The second-order valence-corrected chi connectivity index (χ2v) is 4.74. The van der Waals surface area contributed by atoms with E-state index < -0.39 is 24.4 Å². The molecule has 5 nitrogen and oxygen atoms in total. The Hall–Kier alpha value is -2.47. The van der Waals surface area contributed by atoms with Crippen molar-refractivity contribution in [2.24, 2.45) is 0 Å². The van der Waals surface area contributed by atoms with Crippen LogP contribution in [0.1, 0.15) is 20.0 Å².